The number of amides is 1. The lowest BCUT2D eigenvalue weighted by atomic mass is 9.85. The van der Waals surface area contributed by atoms with E-state index in [1.165, 1.54) is 44.9 Å². The van der Waals surface area contributed by atoms with Crippen LogP contribution < -0.4 is 0 Å². The molecule has 1 atom stereocenters. The number of hydrogen-bond donors (Lipinski definition) is 0. The summed E-state index contributed by atoms with van der Waals surface area (Å²) in [7, 11) is 0. The largest absolute Gasteiger partial charge is 0.342 e. The van der Waals surface area contributed by atoms with E-state index in [2.05, 4.69) is 5.16 Å². The van der Waals surface area contributed by atoms with Crippen molar-refractivity contribution < 1.29 is 9.32 Å². The molecule has 4 fully saturated rings. The summed E-state index contributed by atoms with van der Waals surface area (Å²) in [5, 5.41) is 4.26. The van der Waals surface area contributed by atoms with Crippen LogP contribution in [0.15, 0.2) is 4.52 Å². The van der Waals surface area contributed by atoms with E-state index in [9.17, 15) is 4.79 Å². The van der Waals surface area contributed by atoms with Crippen LogP contribution in [0.25, 0.3) is 0 Å². The van der Waals surface area contributed by atoms with Gasteiger partial charge in [-0.3, -0.25) is 4.79 Å². The summed E-state index contributed by atoms with van der Waals surface area (Å²) in [6.45, 7) is 1.72. The Balaban J connectivity index is 1.27. The van der Waals surface area contributed by atoms with Gasteiger partial charge in [0.15, 0.2) is 5.82 Å². The molecule has 5 nitrogen and oxygen atoms in total. The van der Waals surface area contributed by atoms with Crippen molar-refractivity contribution in [1.29, 1.82) is 0 Å². The van der Waals surface area contributed by atoms with Gasteiger partial charge in [0.05, 0.1) is 0 Å². The molecule has 3 aliphatic carbocycles. The molecule has 1 unspecified atom stereocenters. The second-order valence-electron chi connectivity index (χ2n) is 8.19. The van der Waals surface area contributed by atoms with Crippen molar-refractivity contribution in [3.8, 4) is 0 Å². The summed E-state index contributed by atoms with van der Waals surface area (Å²) >= 11 is 0. The topological polar surface area (TPSA) is 59.2 Å². The third-order valence-corrected chi connectivity index (χ3v) is 6.29. The molecule has 23 heavy (non-hydrogen) atoms. The summed E-state index contributed by atoms with van der Waals surface area (Å²) in [6.07, 6.45) is 9.71. The molecule has 124 valence electrons. The lowest BCUT2D eigenvalue weighted by molar-refractivity contribution is -0.128. The molecular weight excluding hydrogens is 290 g/mol. The van der Waals surface area contributed by atoms with Crippen LogP contribution in [0.1, 0.15) is 74.9 Å². The maximum Gasteiger partial charge on any atom is 0.230 e. The Morgan fingerprint density at radius 3 is 2.48 bits per heavy atom. The van der Waals surface area contributed by atoms with E-state index in [0.717, 1.165) is 42.6 Å². The Morgan fingerprint density at radius 2 is 1.87 bits per heavy atom. The maximum atomic E-state index is 12.3. The summed E-state index contributed by atoms with van der Waals surface area (Å²) in [4.78, 5) is 19.0. The van der Waals surface area contributed by atoms with Gasteiger partial charge in [0.2, 0.25) is 11.8 Å². The minimum Gasteiger partial charge on any atom is -0.342 e. The zero-order valence-electron chi connectivity index (χ0n) is 13.6. The molecule has 0 aromatic carbocycles. The molecule has 1 aliphatic heterocycles. The first-order valence-corrected chi connectivity index (χ1v) is 9.39. The van der Waals surface area contributed by atoms with Gasteiger partial charge in [0.1, 0.15) is 0 Å². The highest BCUT2D eigenvalue weighted by Gasteiger charge is 2.46. The van der Waals surface area contributed by atoms with Gasteiger partial charge in [-0.05, 0) is 56.3 Å². The fourth-order valence-electron chi connectivity index (χ4n) is 4.36. The van der Waals surface area contributed by atoms with Crippen LogP contribution in [0.3, 0.4) is 0 Å². The molecule has 4 aliphatic rings. The first kappa shape index (κ1) is 14.0. The van der Waals surface area contributed by atoms with E-state index in [1.807, 2.05) is 4.90 Å². The van der Waals surface area contributed by atoms with Crippen LogP contribution in [0, 0.1) is 17.8 Å². The molecule has 1 aromatic heterocycles. The van der Waals surface area contributed by atoms with Crippen LogP contribution in [0.4, 0.5) is 0 Å². The molecule has 0 N–H and O–H groups in total. The smallest absolute Gasteiger partial charge is 0.230 e. The molecule has 3 saturated carbocycles. The highest BCUT2D eigenvalue weighted by atomic mass is 16.5. The number of likely N-dealkylation sites (tertiary alicyclic amines) is 1. The predicted octanol–water partition coefficient (Wildman–Crippen LogP) is 3.09. The van der Waals surface area contributed by atoms with Gasteiger partial charge in [-0.15, -0.1) is 0 Å². The van der Waals surface area contributed by atoms with Gasteiger partial charge in [-0.1, -0.05) is 11.6 Å². The number of aromatic nitrogens is 2. The van der Waals surface area contributed by atoms with Crippen molar-refractivity contribution in [2.24, 2.45) is 17.8 Å². The summed E-state index contributed by atoms with van der Waals surface area (Å²) in [6, 6.07) is 0. The molecule has 0 bridgehead atoms. The molecule has 1 aromatic rings. The summed E-state index contributed by atoms with van der Waals surface area (Å²) in [5.41, 5.74) is 0. The average Bonchev–Trinajstić information content (AvgIpc) is 3.40. The lowest BCUT2D eigenvalue weighted by Crippen LogP contribution is -2.33. The zero-order chi connectivity index (χ0) is 15.4. The van der Waals surface area contributed by atoms with Gasteiger partial charge in [0.25, 0.3) is 0 Å². The summed E-state index contributed by atoms with van der Waals surface area (Å²) in [5.74, 6) is 4.82. The average molecular weight is 315 g/mol. The minimum atomic E-state index is 0.138. The van der Waals surface area contributed by atoms with Gasteiger partial charge >= 0.3 is 0 Å². The molecule has 2 heterocycles. The fourth-order valence-corrected chi connectivity index (χ4v) is 4.36. The van der Waals surface area contributed by atoms with Crippen LogP contribution in [-0.4, -0.2) is 34.0 Å². The van der Waals surface area contributed by atoms with Crippen molar-refractivity contribution in [3.63, 3.8) is 0 Å². The number of carbonyl (C=O) groups excluding carboxylic acids is 1. The van der Waals surface area contributed by atoms with E-state index < -0.39 is 0 Å². The van der Waals surface area contributed by atoms with Gasteiger partial charge in [-0.25, -0.2) is 0 Å². The van der Waals surface area contributed by atoms with Gasteiger partial charge in [0, 0.05) is 31.3 Å². The molecule has 0 spiro atoms. The second-order valence-corrected chi connectivity index (χ2v) is 8.19. The van der Waals surface area contributed by atoms with Crippen LogP contribution in [0.5, 0.6) is 0 Å². The van der Waals surface area contributed by atoms with Gasteiger partial charge < -0.3 is 9.42 Å². The van der Waals surface area contributed by atoms with Crippen molar-refractivity contribution in [2.75, 3.05) is 13.1 Å². The zero-order valence-corrected chi connectivity index (χ0v) is 13.6. The Kier molecular flexibility index (Phi) is 3.24. The van der Waals surface area contributed by atoms with E-state index >= 15 is 0 Å². The number of rotatable bonds is 6. The van der Waals surface area contributed by atoms with E-state index in [-0.39, 0.29) is 11.8 Å². The standard InChI is InChI=1S/C18H25N3O2/c22-15-8-14(10-21(15)9-11-2-1-3-11)17-19-18(23-20-17)16(12-4-5-12)13-6-7-13/h11-14,16H,1-10H2. The number of nitrogens with zero attached hydrogens (tertiary/aromatic N) is 3. The highest BCUT2D eigenvalue weighted by Crippen LogP contribution is 2.54. The SMILES string of the molecule is O=C1CC(c2noc(C(C3CC3)C3CC3)n2)CN1CC1CCC1. The van der Waals surface area contributed by atoms with E-state index in [4.69, 9.17) is 9.51 Å². The molecule has 1 saturated heterocycles. The Bertz CT molecular complexity index is 589. The first-order valence-electron chi connectivity index (χ1n) is 9.39. The van der Waals surface area contributed by atoms with E-state index in [0.29, 0.717) is 12.3 Å². The van der Waals surface area contributed by atoms with Crippen LogP contribution in [-0.2, 0) is 4.79 Å². The number of hydrogen-bond acceptors (Lipinski definition) is 4. The fraction of sp³-hybridized carbons (Fsp3) is 0.833. The minimum absolute atomic E-state index is 0.138. The molecule has 5 heteroatoms. The van der Waals surface area contributed by atoms with Crippen LogP contribution >= 0.6 is 0 Å². The van der Waals surface area contributed by atoms with Crippen molar-refractivity contribution in [1.82, 2.24) is 15.0 Å². The quantitative estimate of drug-likeness (QED) is 0.809. The Labute approximate surface area is 136 Å². The van der Waals surface area contributed by atoms with Crippen molar-refractivity contribution in [2.45, 2.75) is 63.2 Å². The maximum absolute atomic E-state index is 12.3. The van der Waals surface area contributed by atoms with Crippen LogP contribution in [0.2, 0.25) is 0 Å². The monoisotopic (exact) mass is 315 g/mol. The van der Waals surface area contributed by atoms with E-state index in [1.54, 1.807) is 0 Å². The van der Waals surface area contributed by atoms with Crippen molar-refractivity contribution in [3.05, 3.63) is 11.7 Å². The van der Waals surface area contributed by atoms with Gasteiger partial charge in [-0.2, -0.15) is 4.98 Å². The molecular formula is C18H25N3O2. The van der Waals surface area contributed by atoms with Crippen molar-refractivity contribution >= 4 is 5.91 Å². The third kappa shape index (κ3) is 2.68. The normalized spacial score (nSPS) is 28.7. The Hall–Kier alpha value is -1.39. The Morgan fingerprint density at radius 1 is 1.13 bits per heavy atom. The highest BCUT2D eigenvalue weighted by molar-refractivity contribution is 5.79. The molecule has 0 radical (unpaired) electrons. The first-order chi connectivity index (χ1) is 11.3. The third-order valence-electron chi connectivity index (χ3n) is 6.29. The second kappa shape index (κ2) is 5.32. The predicted molar refractivity (Wildman–Crippen MR) is 83.8 cm³/mol. The molecule has 1 amide bonds. The molecule has 5 rings (SSSR count). The number of carbonyl (C=O) groups is 1. The lowest BCUT2D eigenvalue weighted by Gasteiger charge is -2.30. The summed E-state index contributed by atoms with van der Waals surface area (Å²) < 4.78 is 5.63.